The number of ketones is 1. The summed E-state index contributed by atoms with van der Waals surface area (Å²) in [7, 11) is 0. The molecule has 0 saturated carbocycles. The van der Waals surface area contributed by atoms with Gasteiger partial charge >= 0.3 is 0 Å². The first-order chi connectivity index (χ1) is 6.29. The van der Waals surface area contributed by atoms with Crippen LogP contribution < -0.4 is 0 Å². The highest BCUT2D eigenvalue weighted by atomic mass is 19.1. The molecule has 1 atom stereocenters. The lowest BCUT2D eigenvalue weighted by Crippen LogP contribution is -2.13. The van der Waals surface area contributed by atoms with Crippen molar-refractivity contribution in [3.05, 3.63) is 35.9 Å². The minimum absolute atomic E-state index is 0.272. The zero-order valence-electron chi connectivity index (χ0n) is 7.66. The molecule has 70 valence electrons. The van der Waals surface area contributed by atoms with E-state index in [0.717, 1.165) is 5.56 Å². The molecule has 13 heavy (non-hydrogen) atoms. The summed E-state index contributed by atoms with van der Waals surface area (Å²) in [6.07, 6.45) is 0.659. The van der Waals surface area contributed by atoms with Gasteiger partial charge in [0.05, 0.1) is 0 Å². The van der Waals surface area contributed by atoms with Crippen LogP contribution in [0, 0.1) is 0 Å². The Balaban J connectivity index is 2.85. The first-order valence-corrected chi connectivity index (χ1v) is 4.43. The van der Waals surface area contributed by atoms with E-state index in [1.807, 2.05) is 37.3 Å². The largest absolute Gasteiger partial charge is 0.296 e. The first-order valence-electron chi connectivity index (χ1n) is 4.43. The van der Waals surface area contributed by atoms with Gasteiger partial charge in [0.25, 0.3) is 0 Å². The average Bonchev–Trinajstić information content (AvgIpc) is 2.20. The van der Waals surface area contributed by atoms with Crippen LogP contribution in [0.15, 0.2) is 30.3 Å². The van der Waals surface area contributed by atoms with E-state index in [0.29, 0.717) is 6.42 Å². The Morgan fingerprint density at radius 1 is 1.38 bits per heavy atom. The highest BCUT2D eigenvalue weighted by Gasteiger charge is 2.17. The molecule has 0 bridgehead atoms. The zero-order valence-corrected chi connectivity index (χ0v) is 7.66. The summed E-state index contributed by atoms with van der Waals surface area (Å²) in [6.45, 7) is 1.03. The summed E-state index contributed by atoms with van der Waals surface area (Å²) in [5.74, 6) is -0.597. The Morgan fingerprint density at radius 2 is 2.00 bits per heavy atom. The van der Waals surface area contributed by atoms with Crippen molar-refractivity contribution in [3.8, 4) is 0 Å². The fraction of sp³-hybridized carbons (Fsp3) is 0.364. The highest BCUT2D eigenvalue weighted by molar-refractivity contribution is 5.86. The molecular weight excluding hydrogens is 167 g/mol. The molecule has 0 aromatic heterocycles. The summed E-state index contributed by atoms with van der Waals surface area (Å²) in [5.41, 5.74) is 0.910. The number of hydrogen-bond acceptors (Lipinski definition) is 1. The number of halogens is 1. The lowest BCUT2D eigenvalue weighted by atomic mass is 9.93. The number of Topliss-reactive ketones (excluding diaryl/α,β-unsaturated/α-hetero) is 1. The van der Waals surface area contributed by atoms with Crippen molar-refractivity contribution in [1.29, 1.82) is 0 Å². The molecule has 1 rings (SSSR count). The van der Waals surface area contributed by atoms with Crippen LogP contribution in [-0.4, -0.2) is 12.5 Å². The maximum Gasteiger partial charge on any atom is 0.171 e. The second-order valence-electron chi connectivity index (χ2n) is 2.97. The molecule has 0 saturated heterocycles. The molecule has 1 aromatic rings. The van der Waals surface area contributed by atoms with E-state index < -0.39 is 6.67 Å². The quantitative estimate of drug-likeness (QED) is 0.696. The fourth-order valence-corrected chi connectivity index (χ4v) is 1.43. The minimum Gasteiger partial charge on any atom is -0.296 e. The Morgan fingerprint density at radius 3 is 2.46 bits per heavy atom. The number of alkyl halides is 1. The lowest BCUT2D eigenvalue weighted by molar-refractivity contribution is -0.121. The number of carbonyl (C=O) groups excluding carboxylic acids is 1. The van der Waals surface area contributed by atoms with E-state index in [-0.39, 0.29) is 11.7 Å². The fourth-order valence-electron chi connectivity index (χ4n) is 1.43. The van der Waals surface area contributed by atoms with Crippen LogP contribution in [0.25, 0.3) is 0 Å². The summed E-state index contributed by atoms with van der Waals surface area (Å²) in [4.78, 5) is 11.2. The molecular formula is C11H13FO. The molecule has 1 unspecified atom stereocenters. The Kier molecular flexibility index (Phi) is 3.62. The molecule has 0 aliphatic heterocycles. The van der Waals surface area contributed by atoms with Gasteiger partial charge in [-0.15, -0.1) is 0 Å². The third kappa shape index (κ3) is 2.38. The summed E-state index contributed by atoms with van der Waals surface area (Å²) in [5, 5.41) is 0. The lowest BCUT2D eigenvalue weighted by Gasteiger charge is -2.11. The second kappa shape index (κ2) is 4.75. The van der Waals surface area contributed by atoms with Crippen LogP contribution in [0.2, 0.25) is 0 Å². The van der Waals surface area contributed by atoms with Crippen LogP contribution in [0.1, 0.15) is 24.8 Å². The molecule has 0 N–H and O–H groups in total. The van der Waals surface area contributed by atoms with Gasteiger partial charge in [0.2, 0.25) is 0 Å². The summed E-state index contributed by atoms with van der Waals surface area (Å²) >= 11 is 0. The molecule has 1 nitrogen and oxygen atoms in total. The summed E-state index contributed by atoms with van der Waals surface area (Å²) < 4.78 is 12.2. The van der Waals surface area contributed by atoms with E-state index in [1.165, 1.54) is 0 Å². The van der Waals surface area contributed by atoms with E-state index in [4.69, 9.17) is 0 Å². The van der Waals surface area contributed by atoms with Crippen molar-refractivity contribution in [2.45, 2.75) is 19.3 Å². The van der Waals surface area contributed by atoms with Gasteiger partial charge in [-0.3, -0.25) is 4.79 Å². The second-order valence-corrected chi connectivity index (χ2v) is 2.97. The van der Waals surface area contributed by atoms with Gasteiger partial charge in [-0.25, -0.2) is 4.39 Å². The molecule has 0 heterocycles. The molecule has 0 amide bonds. The van der Waals surface area contributed by atoms with Gasteiger partial charge in [-0.1, -0.05) is 37.3 Å². The van der Waals surface area contributed by atoms with Gasteiger partial charge in [-0.05, 0) is 12.0 Å². The Hall–Kier alpha value is -1.18. The van der Waals surface area contributed by atoms with Crippen molar-refractivity contribution >= 4 is 5.78 Å². The summed E-state index contributed by atoms with van der Waals surface area (Å²) in [6, 6.07) is 9.34. The van der Waals surface area contributed by atoms with Gasteiger partial charge in [0.1, 0.15) is 6.67 Å². The topological polar surface area (TPSA) is 17.1 Å². The van der Waals surface area contributed by atoms with Crippen LogP contribution in [0.5, 0.6) is 0 Å². The Labute approximate surface area is 77.6 Å². The number of benzene rings is 1. The SMILES string of the molecule is CCC(C(=O)CF)c1ccccc1. The smallest absolute Gasteiger partial charge is 0.171 e. The number of carbonyl (C=O) groups is 1. The van der Waals surface area contributed by atoms with E-state index in [2.05, 4.69) is 0 Å². The average molecular weight is 180 g/mol. The van der Waals surface area contributed by atoms with Crippen molar-refractivity contribution in [2.75, 3.05) is 6.67 Å². The van der Waals surface area contributed by atoms with E-state index >= 15 is 0 Å². The van der Waals surface area contributed by atoms with Crippen molar-refractivity contribution in [2.24, 2.45) is 0 Å². The van der Waals surface area contributed by atoms with Crippen LogP contribution in [0.3, 0.4) is 0 Å². The molecule has 0 radical (unpaired) electrons. The third-order valence-electron chi connectivity index (χ3n) is 2.13. The normalized spacial score (nSPS) is 12.5. The van der Waals surface area contributed by atoms with Gasteiger partial charge < -0.3 is 0 Å². The minimum atomic E-state index is -0.868. The van der Waals surface area contributed by atoms with Crippen molar-refractivity contribution in [3.63, 3.8) is 0 Å². The van der Waals surface area contributed by atoms with Crippen molar-refractivity contribution < 1.29 is 9.18 Å². The molecule has 0 spiro atoms. The van der Waals surface area contributed by atoms with Gasteiger partial charge in [0.15, 0.2) is 5.78 Å². The zero-order chi connectivity index (χ0) is 9.68. The van der Waals surface area contributed by atoms with E-state index in [9.17, 15) is 9.18 Å². The molecule has 2 heteroatoms. The molecule has 1 aromatic carbocycles. The number of rotatable bonds is 4. The van der Waals surface area contributed by atoms with Crippen LogP contribution >= 0.6 is 0 Å². The monoisotopic (exact) mass is 180 g/mol. The van der Waals surface area contributed by atoms with Crippen molar-refractivity contribution in [1.82, 2.24) is 0 Å². The predicted octanol–water partition coefficient (Wildman–Crippen LogP) is 2.72. The van der Waals surface area contributed by atoms with Gasteiger partial charge in [0, 0.05) is 5.92 Å². The standard InChI is InChI=1S/C11H13FO/c1-2-10(11(13)8-12)9-6-4-3-5-7-9/h3-7,10H,2,8H2,1H3. The van der Waals surface area contributed by atoms with E-state index in [1.54, 1.807) is 0 Å². The van der Waals surface area contributed by atoms with Crippen LogP contribution in [-0.2, 0) is 4.79 Å². The first kappa shape index (κ1) is 9.90. The highest BCUT2D eigenvalue weighted by Crippen LogP contribution is 2.20. The third-order valence-corrected chi connectivity index (χ3v) is 2.13. The molecule has 0 aliphatic carbocycles. The number of hydrogen-bond donors (Lipinski definition) is 0. The maximum atomic E-state index is 12.2. The molecule has 0 fully saturated rings. The van der Waals surface area contributed by atoms with Crippen LogP contribution in [0.4, 0.5) is 4.39 Å². The maximum absolute atomic E-state index is 12.2. The molecule has 0 aliphatic rings. The predicted molar refractivity (Wildman–Crippen MR) is 50.5 cm³/mol. The Bertz CT molecular complexity index is 269. The van der Waals surface area contributed by atoms with Gasteiger partial charge in [-0.2, -0.15) is 0 Å².